The minimum Gasteiger partial charge on any atom is -0.393 e. The zero-order chi connectivity index (χ0) is 20.8. The zero-order valence-corrected chi connectivity index (χ0v) is 18.2. The highest BCUT2D eigenvalue weighted by Crippen LogP contribution is 2.11. The lowest BCUT2D eigenvalue weighted by atomic mass is 9.99. The van der Waals surface area contributed by atoms with Gasteiger partial charge in [0.15, 0.2) is 0 Å². The van der Waals surface area contributed by atoms with E-state index >= 15 is 0 Å². The minimum atomic E-state index is -0.300. The number of hydrogen-bond acceptors (Lipinski definition) is 3. The Balaban J connectivity index is 0.000000280. The molecule has 0 saturated heterocycles. The monoisotopic (exact) mass is 386 g/mol. The fourth-order valence-electron chi connectivity index (χ4n) is 2.21. The van der Waals surface area contributed by atoms with Crippen molar-refractivity contribution in [3.8, 4) is 0 Å². The second-order valence-electron chi connectivity index (χ2n) is 7.94. The fraction of sp³-hybridized carbons (Fsp3) is 0.520. The highest BCUT2D eigenvalue weighted by atomic mass is 16.5. The van der Waals surface area contributed by atoms with Crippen molar-refractivity contribution >= 4 is 0 Å². The van der Waals surface area contributed by atoms with Gasteiger partial charge in [0, 0.05) is 12.5 Å². The largest absolute Gasteiger partial charge is 0.393 e. The molecule has 0 saturated carbocycles. The van der Waals surface area contributed by atoms with Crippen LogP contribution in [0.2, 0.25) is 0 Å². The van der Waals surface area contributed by atoms with Crippen LogP contribution >= 0.6 is 0 Å². The first-order valence-electron chi connectivity index (χ1n) is 10.3. The molecule has 0 amide bonds. The van der Waals surface area contributed by atoms with E-state index in [0.717, 1.165) is 13.2 Å². The summed E-state index contributed by atoms with van der Waals surface area (Å²) in [4.78, 5) is 0. The summed E-state index contributed by atoms with van der Waals surface area (Å²) >= 11 is 0. The van der Waals surface area contributed by atoms with Gasteiger partial charge in [0.2, 0.25) is 0 Å². The number of rotatable bonds is 10. The third-order valence-electron chi connectivity index (χ3n) is 4.95. The molecule has 0 spiro atoms. The van der Waals surface area contributed by atoms with Gasteiger partial charge in [-0.25, -0.2) is 0 Å². The molecule has 0 radical (unpaired) electrons. The van der Waals surface area contributed by atoms with E-state index in [4.69, 9.17) is 9.47 Å². The molecule has 2 aromatic rings. The molecular weight excluding hydrogens is 348 g/mol. The number of aliphatic hydroxyl groups is 1. The van der Waals surface area contributed by atoms with Crippen LogP contribution < -0.4 is 0 Å². The van der Waals surface area contributed by atoms with E-state index in [1.807, 2.05) is 55.5 Å². The van der Waals surface area contributed by atoms with Gasteiger partial charge in [-0.15, -0.1) is 0 Å². The van der Waals surface area contributed by atoms with Crippen molar-refractivity contribution < 1.29 is 14.6 Å². The van der Waals surface area contributed by atoms with Gasteiger partial charge in [-0.2, -0.15) is 0 Å². The Bertz CT molecular complexity index is 540. The van der Waals surface area contributed by atoms with Crippen molar-refractivity contribution in [3.63, 3.8) is 0 Å². The predicted octanol–water partition coefficient (Wildman–Crippen LogP) is 5.72. The molecule has 0 aliphatic rings. The Labute approximate surface area is 171 Å². The van der Waals surface area contributed by atoms with Gasteiger partial charge in [-0.3, -0.25) is 0 Å². The highest BCUT2D eigenvalue weighted by molar-refractivity contribution is 5.14. The van der Waals surface area contributed by atoms with Gasteiger partial charge in [0.1, 0.15) is 0 Å². The van der Waals surface area contributed by atoms with E-state index in [2.05, 4.69) is 32.9 Å². The Morgan fingerprint density at radius 3 is 1.39 bits per heavy atom. The van der Waals surface area contributed by atoms with Crippen molar-refractivity contribution in [3.05, 3.63) is 71.8 Å². The van der Waals surface area contributed by atoms with Crippen LogP contribution in [0.4, 0.5) is 0 Å². The molecule has 3 heteroatoms. The maximum absolute atomic E-state index is 9.24. The molecule has 2 aromatic carbocycles. The Hall–Kier alpha value is -1.68. The summed E-state index contributed by atoms with van der Waals surface area (Å²) in [6, 6.07) is 20.4. The number of hydrogen-bond donors (Lipinski definition) is 1. The van der Waals surface area contributed by atoms with Crippen LogP contribution in [0, 0.1) is 17.8 Å². The maximum Gasteiger partial charge on any atom is 0.0717 e. The van der Waals surface area contributed by atoms with Crippen LogP contribution in [0.1, 0.15) is 45.7 Å². The Kier molecular flexibility index (Phi) is 12.5. The van der Waals surface area contributed by atoms with Crippen molar-refractivity contribution in [2.24, 2.45) is 17.8 Å². The summed E-state index contributed by atoms with van der Waals surface area (Å²) < 4.78 is 11.1. The molecule has 0 aliphatic carbocycles. The van der Waals surface area contributed by atoms with Crippen molar-refractivity contribution in [1.29, 1.82) is 0 Å². The van der Waals surface area contributed by atoms with Crippen LogP contribution in [0.3, 0.4) is 0 Å². The van der Waals surface area contributed by atoms with Crippen molar-refractivity contribution in [2.75, 3.05) is 13.2 Å². The summed E-state index contributed by atoms with van der Waals surface area (Å²) in [7, 11) is 0. The van der Waals surface area contributed by atoms with Crippen LogP contribution in [0.15, 0.2) is 60.7 Å². The Morgan fingerprint density at radius 1 is 0.643 bits per heavy atom. The van der Waals surface area contributed by atoms with E-state index in [9.17, 15) is 5.11 Å². The smallest absolute Gasteiger partial charge is 0.0717 e. The van der Waals surface area contributed by atoms with Crippen LogP contribution in [0.25, 0.3) is 0 Å². The average molecular weight is 387 g/mol. The molecule has 2 rings (SSSR count). The van der Waals surface area contributed by atoms with Gasteiger partial charge in [-0.1, -0.05) is 88.4 Å². The summed E-state index contributed by atoms with van der Waals surface area (Å²) in [5, 5.41) is 9.24. The maximum atomic E-state index is 9.24. The molecule has 156 valence electrons. The first-order valence-corrected chi connectivity index (χ1v) is 10.3. The number of benzene rings is 2. The molecule has 3 nitrogen and oxygen atoms in total. The molecule has 0 fully saturated rings. The molecule has 0 bridgehead atoms. The standard InChI is InChI=1S/C13H20O.C12H18O2/c1-11(2)12(3)9-14-10-13-7-5-4-6-8-13;1-10(11(2)13)8-14-9-12-6-4-3-5-7-12/h4-8,11-12H,9-10H2,1-3H3;3-7,10-11,13H,8-9H2,1-2H3/t12-;10-,11-/m11/s1. The molecule has 0 aliphatic heterocycles. The minimum absolute atomic E-state index is 0.193. The van der Waals surface area contributed by atoms with Crippen molar-refractivity contribution in [2.45, 2.75) is 53.9 Å². The highest BCUT2D eigenvalue weighted by Gasteiger charge is 2.08. The van der Waals surface area contributed by atoms with Gasteiger partial charge in [0.25, 0.3) is 0 Å². The molecular formula is C25H38O3. The zero-order valence-electron chi connectivity index (χ0n) is 18.2. The molecule has 0 heterocycles. The van der Waals surface area contributed by atoms with E-state index in [1.54, 1.807) is 6.92 Å². The summed E-state index contributed by atoms with van der Waals surface area (Å²) in [5.74, 6) is 1.53. The lowest BCUT2D eigenvalue weighted by Crippen LogP contribution is -2.18. The van der Waals surface area contributed by atoms with Crippen LogP contribution in [-0.2, 0) is 22.7 Å². The van der Waals surface area contributed by atoms with Crippen molar-refractivity contribution in [1.82, 2.24) is 0 Å². The quantitative estimate of drug-likeness (QED) is 0.568. The van der Waals surface area contributed by atoms with E-state index in [-0.39, 0.29) is 12.0 Å². The average Bonchev–Trinajstić information content (AvgIpc) is 2.70. The van der Waals surface area contributed by atoms with E-state index < -0.39 is 0 Å². The third kappa shape index (κ3) is 11.2. The topological polar surface area (TPSA) is 38.7 Å². The number of aliphatic hydroxyl groups excluding tert-OH is 1. The lowest BCUT2D eigenvalue weighted by Gasteiger charge is -2.15. The second-order valence-corrected chi connectivity index (χ2v) is 7.94. The first kappa shape index (κ1) is 24.4. The van der Waals surface area contributed by atoms with Crippen LogP contribution in [0.5, 0.6) is 0 Å². The normalized spacial score (nSPS) is 14.1. The van der Waals surface area contributed by atoms with E-state index in [1.165, 1.54) is 11.1 Å². The lowest BCUT2D eigenvalue weighted by molar-refractivity contribution is 0.0367. The fourth-order valence-corrected chi connectivity index (χ4v) is 2.21. The molecule has 28 heavy (non-hydrogen) atoms. The molecule has 1 N–H and O–H groups in total. The van der Waals surface area contributed by atoms with Gasteiger partial charge in [0.05, 0.1) is 25.9 Å². The van der Waals surface area contributed by atoms with E-state index in [0.29, 0.717) is 25.0 Å². The molecule has 0 aromatic heterocycles. The summed E-state index contributed by atoms with van der Waals surface area (Å²) in [5.41, 5.74) is 2.42. The SMILES string of the molecule is CC(C)[C@H](C)COCc1ccccc1.C[C@H](COCc1ccccc1)[C@@H](C)O. The third-order valence-corrected chi connectivity index (χ3v) is 4.95. The van der Waals surface area contributed by atoms with Gasteiger partial charge in [-0.05, 0) is 29.9 Å². The molecule has 3 atom stereocenters. The van der Waals surface area contributed by atoms with Crippen LogP contribution in [-0.4, -0.2) is 24.4 Å². The predicted molar refractivity (Wildman–Crippen MR) is 117 cm³/mol. The molecule has 0 unspecified atom stereocenters. The van der Waals surface area contributed by atoms with Gasteiger partial charge < -0.3 is 14.6 Å². The summed E-state index contributed by atoms with van der Waals surface area (Å²) in [6.07, 6.45) is -0.300. The summed E-state index contributed by atoms with van der Waals surface area (Å²) in [6.45, 7) is 13.3. The first-order chi connectivity index (χ1) is 13.4. The Morgan fingerprint density at radius 2 is 1.04 bits per heavy atom. The second kappa shape index (κ2) is 14.3. The number of ether oxygens (including phenoxy) is 2. The van der Waals surface area contributed by atoms with Gasteiger partial charge >= 0.3 is 0 Å².